The van der Waals surface area contributed by atoms with Crippen LogP contribution in [0.3, 0.4) is 0 Å². The van der Waals surface area contributed by atoms with Gasteiger partial charge in [-0.3, -0.25) is 4.90 Å². The van der Waals surface area contributed by atoms with Crippen molar-refractivity contribution in [1.29, 1.82) is 0 Å². The van der Waals surface area contributed by atoms with E-state index in [1.54, 1.807) is 0 Å². The zero-order valence-electron chi connectivity index (χ0n) is 15.3. The first kappa shape index (κ1) is 15.7. The zero-order chi connectivity index (χ0) is 18.4. The quantitative estimate of drug-likeness (QED) is 0.414. The lowest BCUT2D eigenvalue weighted by Crippen LogP contribution is -2.09. The van der Waals surface area contributed by atoms with Crippen LogP contribution in [0.2, 0.25) is 0 Å². The van der Waals surface area contributed by atoms with E-state index in [1.807, 2.05) is 48.3 Å². The van der Waals surface area contributed by atoms with Crippen molar-refractivity contribution in [2.75, 3.05) is 11.9 Å². The number of aromatic nitrogens is 2. The summed E-state index contributed by atoms with van der Waals surface area (Å²) in [5.41, 5.74) is 6.23. The first-order chi connectivity index (χ1) is 13.2. The third kappa shape index (κ3) is 2.66. The molecule has 0 fully saturated rings. The SMILES string of the molecule is CN(c1ccccc1)c1nc2cc(-c3ccc4c(ccn4C)c3)ccc2o1. The van der Waals surface area contributed by atoms with E-state index in [4.69, 9.17) is 9.40 Å². The number of hydrogen-bond acceptors (Lipinski definition) is 3. The molecule has 0 unspecified atom stereocenters. The molecule has 4 nitrogen and oxygen atoms in total. The molecule has 0 N–H and O–H groups in total. The Kier molecular flexibility index (Phi) is 3.50. The van der Waals surface area contributed by atoms with Crippen LogP contribution in [-0.4, -0.2) is 16.6 Å². The molecule has 5 rings (SSSR count). The summed E-state index contributed by atoms with van der Waals surface area (Å²) >= 11 is 0. The molecule has 0 amide bonds. The molecule has 3 aromatic carbocycles. The number of hydrogen-bond donors (Lipinski definition) is 0. The lowest BCUT2D eigenvalue weighted by atomic mass is 10.0. The average Bonchev–Trinajstić information content (AvgIpc) is 3.31. The molecule has 0 aliphatic carbocycles. The van der Waals surface area contributed by atoms with Crippen molar-refractivity contribution in [2.45, 2.75) is 0 Å². The minimum absolute atomic E-state index is 0.590. The van der Waals surface area contributed by atoms with E-state index in [0.717, 1.165) is 22.4 Å². The highest BCUT2D eigenvalue weighted by Crippen LogP contribution is 2.31. The molecule has 0 aliphatic rings. The van der Waals surface area contributed by atoms with Gasteiger partial charge in [0.25, 0.3) is 0 Å². The largest absolute Gasteiger partial charge is 0.423 e. The Morgan fingerprint density at radius 1 is 0.889 bits per heavy atom. The molecule has 0 saturated carbocycles. The Bertz CT molecular complexity index is 1250. The normalized spacial score (nSPS) is 11.3. The van der Waals surface area contributed by atoms with E-state index in [1.165, 1.54) is 16.5 Å². The molecule has 0 saturated heterocycles. The summed E-state index contributed by atoms with van der Waals surface area (Å²) < 4.78 is 8.09. The second kappa shape index (κ2) is 6.02. The summed E-state index contributed by atoms with van der Waals surface area (Å²) in [5, 5.41) is 1.24. The minimum atomic E-state index is 0.590. The summed E-state index contributed by atoms with van der Waals surface area (Å²) in [6, 6.07) is 25.5. The Labute approximate surface area is 157 Å². The van der Waals surface area contributed by atoms with Crippen LogP contribution < -0.4 is 4.90 Å². The maximum absolute atomic E-state index is 5.96. The summed E-state index contributed by atoms with van der Waals surface area (Å²) in [5.74, 6) is 0. The fourth-order valence-electron chi connectivity index (χ4n) is 3.46. The predicted octanol–water partition coefficient (Wildman–Crippen LogP) is 5.75. The topological polar surface area (TPSA) is 34.2 Å². The number of aryl methyl sites for hydroxylation is 1. The predicted molar refractivity (Wildman–Crippen MR) is 110 cm³/mol. The Hall–Kier alpha value is -3.53. The molecule has 5 aromatic rings. The van der Waals surface area contributed by atoms with Crippen LogP contribution in [0, 0.1) is 0 Å². The van der Waals surface area contributed by atoms with Gasteiger partial charge in [-0.05, 0) is 53.6 Å². The van der Waals surface area contributed by atoms with E-state index in [2.05, 4.69) is 54.2 Å². The summed E-state index contributed by atoms with van der Waals surface area (Å²) in [6.07, 6.45) is 2.08. The summed E-state index contributed by atoms with van der Waals surface area (Å²) in [7, 11) is 4.03. The maximum Gasteiger partial charge on any atom is 0.302 e. The van der Waals surface area contributed by atoms with Crippen LogP contribution in [0.25, 0.3) is 33.1 Å². The lowest BCUT2D eigenvalue weighted by Gasteiger charge is -2.13. The van der Waals surface area contributed by atoms with Gasteiger partial charge in [-0.25, -0.2) is 0 Å². The molecule has 0 bridgehead atoms. The molecular weight excluding hydrogens is 334 g/mol. The monoisotopic (exact) mass is 353 g/mol. The van der Waals surface area contributed by atoms with Gasteiger partial charge in [-0.15, -0.1) is 0 Å². The Morgan fingerprint density at radius 2 is 1.67 bits per heavy atom. The van der Waals surface area contributed by atoms with Crippen LogP contribution in [0.4, 0.5) is 11.7 Å². The van der Waals surface area contributed by atoms with Gasteiger partial charge in [0.15, 0.2) is 5.58 Å². The number of oxazole rings is 1. The van der Waals surface area contributed by atoms with Crippen molar-refractivity contribution in [3.05, 3.63) is 79.0 Å². The van der Waals surface area contributed by atoms with Gasteiger partial charge >= 0.3 is 6.01 Å². The van der Waals surface area contributed by atoms with Crippen molar-refractivity contribution in [3.8, 4) is 11.1 Å². The van der Waals surface area contributed by atoms with Gasteiger partial charge < -0.3 is 8.98 Å². The van der Waals surface area contributed by atoms with Crippen LogP contribution >= 0.6 is 0 Å². The van der Waals surface area contributed by atoms with Crippen molar-refractivity contribution < 1.29 is 4.42 Å². The number of anilines is 2. The van der Waals surface area contributed by atoms with Gasteiger partial charge in [0, 0.05) is 36.9 Å². The molecule has 132 valence electrons. The third-order valence-corrected chi connectivity index (χ3v) is 5.03. The maximum atomic E-state index is 5.96. The number of benzene rings is 3. The van der Waals surface area contributed by atoms with Gasteiger partial charge in [-0.2, -0.15) is 4.98 Å². The second-order valence-corrected chi connectivity index (χ2v) is 6.77. The molecule has 2 aromatic heterocycles. The lowest BCUT2D eigenvalue weighted by molar-refractivity contribution is 0.603. The molecule has 2 heterocycles. The van der Waals surface area contributed by atoms with Crippen molar-refractivity contribution >= 4 is 33.7 Å². The van der Waals surface area contributed by atoms with Crippen LogP contribution in [0.15, 0.2) is 83.4 Å². The zero-order valence-corrected chi connectivity index (χ0v) is 15.3. The fourth-order valence-corrected chi connectivity index (χ4v) is 3.46. The molecule has 0 atom stereocenters. The first-order valence-corrected chi connectivity index (χ1v) is 8.94. The van der Waals surface area contributed by atoms with Gasteiger partial charge in [-0.1, -0.05) is 30.3 Å². The fraction of sp³-hybridized carbons (Fsp3) is 0.0870. The second-order valence-electron chi connectivity index (χ2n) is 6.77. The number of fused-ring (bicyclic) bond motifs is 2. The van der Waals surface area contributed by atoms with Gasteiger partial charge in [0.05, 0.1) is 0 Å². The van der Waals surface area contributed by atoms with Crippen molar-refractivity contribution in [1.82, 2.24) is 9.55 Å². The number of rotatable bonds is 3. The first-order valence-electron chi connectivity index (χ1n) is 8.94. The van der Waals surface area contributed by atoms with E-state index in [-0.39, 0.29) is 0 Å². The number of para-hydroxylation sites is 1. The van der Waals surface area contributed by atoms with E-state index >= 15 is 0 Å². The van der Waals surface area contributed by atoms with E-state index in [9.17, 15) is 0 Å². The van der Waals surface area contributed by atoms with Crippen LogP contribution in [0.1, 0.15) is 0 Å². The molecule has 0 radical (unpaired) electrons. The van der Waals surface area contributed by atoms with E-state index < -0.39 is 0 Å². The Morgan fingerprint density at radius 3 is 2.52 bits per heavy atom. The molecule has 0 aliphatic heterocycles. The average molecular weight is 353 g/mol. The molecule has 4 heteroatoms. The summed E-state index contributed by atoms with van der Waals surface area (Å²) in [6.45, 7) is 0. The highest BCUT2D eigenvalue weighted by atomic mass is 16.4. The highest BCUT2D eigenvalue weighted by molar-refractivity contribution is 5.88. The third-order valence-electron chi connectivity index (χ3n) is 5.03. The van der Waals surface area contributed by atoms with Crippen molar-refractivity contribution in [3.63, 3.8) is 0 Å². The minimum Gasteiger partial charge on any atom is -0.423 e. The van der Waals surface area contributed by atoms with Gasteiger partial charge in [0.2, 0.25) is 0 Å². The van der Waals surface area contributed by atoms with E-state index in [0.29, 0.717) is 6.01 Å². The summed E-state index contributed by atoms with van der Waals surface area (Å²) in [4.78, 5) is 6.65. The van der Waals surface area contributed by atoms with Gasteiger partial charge in [0.1, 0.15) is 5.52 Å². The van der Waals surface area contributed by atoms with Crippen molar-refractivity contribution in [2.24, 2.45) is 7.05 Å². The smallest absolute Gasteiger partial charge is 0.302 e. The molecule has 0 spiro atoms. The Balaban J connectivity index is 1.55. The standard InChI is InChI=1S/C23H19N3O/c1-25-13-12-18-14-16(8-10-21(18)25)17-9-11-22-20(15-17)24-23(27-22)26(2)19-6-4-3-5-7-19/h3-15H,1-2H3. The number of nitrogens with zero attached hydrogens (tertiary/aromatic N) is 3. The van der Waals surface area contributed by atoms with Crippen LogP contribution in [-0.2, 0) is 7.05 Å². The van der Waals surface area contributed by atoms with Crippen LogP contribution in [0.5, 0.6) is 0 Å². The highest BCUT2D eigenvalue weighted by Gasteiger charge is 2.13. The molecular formula is C23H19N3O. The molecule has 27 heavy (non-hydrogen) atoms.